The number of rotatable bonds is 3. The number of nitrogens with zero attached hydrogens (tertiary/aromatic N) is 5. The zero-order valence-electron chi connectivity index (χ0n) is 13.6. The number of aryl methyl sites for hydroxylation is 2. The van der Waals surface area contributed by atoms with E-state index in [1.54, 1.807) is 21.6 Å². The molecule has 0 aliphatic heterocycles. The predicted molar refractivity (Wildman–Crippen MR) is 90.0 cm³/mol. The van der Waals surface area contributed by atoms with Crippen LogP contribution in [0.25, 0.3) is 11.3 Å². The van der Waals surface area contributed by atoms with Gasteiger partial charge in [0, 0.05) is 44.4 Å². The lowest BCUT2D eigenvalue weighted by Gasteiger charge is -2.03. The number of aromatic amines is 1. The van der Waals surface area contributed by atoms with Crippen LogP contribution in [0.4, 0.5) is 0 Å². The number of aromatic nitrogens is 5. The molecular weight excluding hydrogens is 290 g/mol. The normalized spacial score (nSPS) is 11.9. The van der Waals surface area contributed by atoms with Gasteiger partial charge in [0.05, 0.1) is 17.1 Å². The van der Waals surface area contributed by atoms with Gasteiger partial charge in [-0.05, 0) is 25.5 Å². The van der Waals surface area contributed by atoms with Crippen LogP contribution < -0.4 is 0 Å². The van der Waals surface area contributed by atoms with E-state index in [-0.39, 0.29) is 5.84 Å². The molecule has 118 valence electrons. The molecule has 3 aromatic rings. The Labute approximate surface area is 134 Å². The second-order valence-corrected chi connectivity index (χ2v) is 5.48. The fourth-order valence-corrected chi connectivity index (χ4v) is 2.56. The van der Waals surface area contributed by atoms with E-state index in [1.807, 2.05) is 46.4 Å². The maximum atomic E-state index is 8.11. The molecule has 0 unspecified atom stereocenters. The average molecular weight is 309 g/mol. The molecule has 3 heterocycles. The monoisotopic (exact) mass is 309 g/mol. The molecule has 0 aliphatic rings. The van der Waals surface area contributed by atoms with Crippen molar-refractivity contribution in [1.82, 2.24) is 24.3 Å². The van der Waals surface area contributed by atoms with E-state index in [4.69, 9.17) is 5.41 Å². The first-order valence-electron chi connectivity index (χ1n) is 7.27. The quantitative estimate of drug-likeness (QED) is 0.574. The Morgan fingerprint density at radius 3 is 2.70 bits per heavy atom. The van der Waals surface area contributed by atoms with E-state index < -0.39 is 0 Å². The van der Waals surface area contributed by atoms with E-state index in [1.165, 1.54) is 0 Å². The molecule has 23 heavy (non-hydrogen) atoms. The molecule has 0 atom stereocenters. The van der Waals surface area contributed by atoms with Gasteiger partial charge in [-0.2, -0.15) is 5.10 Å². The standard InChI is InChI=1S/C16H19N7/c1-10-12(13-5-7-23(4)21-13)9-19-14(10)11(2)20-15(17)16-18-6-8-22(16)3/h5-9,17,19H,1-4H3. The minimum absolute atomic E-state index is 0.142. The molecule has 0 fully saturated rings. The van der Waals surface area contributed by atoms with E-state index in [0.29, 0.717) is 5.82 Å². The summed E-state index contributed by atoms with van der Waals surface area (Å²) in [6.45, 7) is 3.91. The van der Waals surface area contributed by atoms with Crippen molar-refractivity contribution in [2.24, 2.45) is 19.1 Å². The highest BCUT2D eigenvalue weighted by Gasteiger charge is 2.14. The van der Waals surface area contributed by atoms with Gasteiger partial charge in [0.1, 0.15) is 0 Å². The van der Waals surface area contributed by atoms with Crippen LogP contribution in [0.5, 0.6) is 0 Å². The third kappa shape index (κ3) is 2.73. The molecule has 3 aromatic heterocycles. The lowest BCUT2D eigenvalue weighted by molar-refractivity contribution is 0.771. The number of amidine groups is 1. The Kier molecular flexibility index (Phi) is 3.69. The number of aliphatic imine (C=N–C) groups is 1. The molecule has 0 bridgehead atoms. The Morgan fingerprint density at radius 1 is 1.30 bits per heavy atom. The van der Waals surface area contributed by atoms with Gasteiger partial charge < -0.3 is 9.55 Å². The van der Waals surface area contributed by atoms with Gasteiger partial charge in [-0.15, -0.1) is 0 Å². The van der Waals surface area contributed by atoms with Gasteiger partial charge in [-0.1, -0.05) is 0 Å². The van der Waals surface area contributed by atoms with Crippen molar-refractivity contribution in [1.29, 1.82) is 5.41 Å². The fourth-order valence-electron chi connectivity index (χ4n) is 2.56. The topological polar surface area (TPSA) is 87.6 Å². The summed E-state index contributed by atoms with van der Waals surface area (Å²) in [6, 6.07) is 1.97. The van der Waals surface area contributed by atoms with Crippen LogP contribution in [0.15, 0.2) is 35.8 Å². The molecule has 0 radical (unpaired) electrons. The van der Waals surface area contributed by atoms with Crippen LogP contribution in [0.3, 0.4) is 0 Å². The second-order valence-electron chi connectivity index (χ2n) is 5.48. The van der Waals surface area contributed by atoms with Crippen molar-refractivity contribution < 1.29 is 0 Å². The molecule has 2 N–H and O–H groups in total. The zero-order chi connectivity index (χ0) is 16.6. The first kappa shape index (κ1) is 15.0. The summed E-state index contributed by atoms with van der Waals surface area (Å²) < 4.78 is 3.55. The van der Waals surface area contributed by atoms with Crippen molar-refractivity contribution in [3.05, 3.63) is 47.9 Å². The highest BCUT2D eigenvalue weighted by Crippen LogP contribution is 2.24. The van der Waals surface area contributed by atoms with E-state index >= 15 is 0 Å². The van der Waals surface area contributed by atoms with Gasteiger partial charge in [-0.3, -0.25) is 10.1 Å². The van der Waals surface area contributed by atoms with Crippen LogP contribution in [-0.4, -0.2) is 35.9 Å². The molecular formula is C16H19N7. The Bertz CT molecular complexity index is 891. The van der Waals surface area contributed by atoms with Gasteiger partial charge >= 0.3 is 0 Å². The van der Waals surface area contributed by atoms with Crippen LogP contribution in [0.2, 0.25) is 0 Å². The van der Waals surface area contributed by atoms with Gasteiger partial charge in [-0.25, -0.2) is 9.98 Å². The third-order valence-electron chi connectivity index (χ3n) is 3.80. The molecule has 0 aromatic carbocycles. The summed E-state index contributed by atoms with van der Waals surface area (Å²) in [7, 11) is 3.74. The SMILES string of the molecule is CC(=NC(=N)c1nccn1C)c1[nH]cc(-c2ccn(C)n2)c1C. The highest BCUT2D eigenvalue weighted by molar-refractivity contribution is 6.09. The van der Waals surface area contributed by atoms with Crippen molar-refractivity contribution in [3.63, 3.8) is 0 Å². The van der Waals surface area contributed by atoms with E-state index in [9.17, 15) is 0 Å². The van der Waals surface area contributed by atoms with Gasteiger partial charge in [0.25, 0.3) is 0 Å². The summed E-state index contributed by atoms with van der Waals surface area (Å²) >= 11 is 0. The minimum Gasteiger partial charge on any atom is -0.359 e. The Hall–Kier alpha value is -2.96. The minimum atomic E-state index is 0.142. The van der Waals surface area contributed by atoms with E-state index in [2.05, 4.69) is 20.1 Å². The highest BCUT2D eigenvalue weighted by atomic mass is 15.2. The van der Waals surface area contributed by atoms with Crippen LogP contribution >= 0.6 is 0 Å². The summed E-state index contributed by atoms with van der Waals surface area (Å²) in [5.41, 5.74) is 4.68. The van der Waals surface area contributed by atoms with Crippen LogP contribution in [0, 0.1) is 12.3 Å². The molecule has 0 aliphatic carbocycles. The maximum absolute atomic E-state index is 8.11. The molecule has 3 rings (SSSR count). The first-order valence-corrected chi connectivity index (χ1v) is 7.27. The fraction of sp³-hybridized carbons (Fsp3) is 0.250. The van der Waals surface area contributed by atoms with Crippen LogP contribution in [0.1, 0.15) is 24.0 Å². The third-order valence-corrected chi connectivity index (χ3v) is 3.80. The molecule has 7 heteroatoms. The number of hydrogen-bond donors (Lipinski definition) is 2. The molecule has 7 nitrogen and oxygen atoms in total. The predicted octanol–water partition coefficient (Wildman–Crippen LogP) is 2.29. The maximum Gasteiger partial charge on any atom is 0.188 e. The lowest BCUT2D eigenvalue weighted by atomic mass is 10.1. The average Bonchev–Trinajstić information content (AvgIpc) is 3.19. The Balaban J connectivity index is 1.93. The zero-order valence-corrected chi connectivity index (χ0v) is 13.6. The lowest BCUT2D eigenvalue weighted by Crippen LogP contribution is -2.08. The largest absolute Gasteiger partial charge is 0.359 e. The second kappa shape index (κ2) is 5.68. The van der Waals surface area contributed by atoms with Crippen molar-refractivity contribution in [2.75, 3.05) is 0 Å². The molecule has 0 amide bonds. The summed E-state index contributed by atoms with van der Waals surface area (Å²) in [4.78, 5) is 11.8. The number of nitrogens with one attached hydrogen (secondary N) is 2. The van der Waals surface area contributed by atoms with Crippen LogP contribution in [-0.2, 0) is 14.1 Å². The number of imidazole rings is 1. The summed E-state index contributed by atoms with van der Waals surface area (Å²) in [5, 5.41) is 12.5. The smallest absolute Gasteiger partial charge is 0.188 e. The Morgan fingerprint density at radius 2 is 2.09 bits per heavy atom. The van der Waals surface area contributed by atoms with E-state index in [0.717, 1.165) is 28.2 Å². The number of H-pyrrole nitrogens is 1. The summed E-state index contributed by atoms with van der Waals surface area (Å²) in [5.74, 6) is 0.682. The van der Waals surface area contributed by atoms with Crippen molar-refractivity contribution >= 4 is 11.5 Å². The molecule has 0 spiro atoms. The van der Waals surface area contributed by atoms with Crippen molar-refractivity contribution in [2.45, 2.75) is 13.8 Å². The first-order chi connectivity index (χ1) is 11.0. The molecule has 0 saturated heterocycles. The molecule has 0 saturated carbocycles. The van der Waals surface area contributed by atoms with Gasteiger partial charge in [0.2, 0.25) is 0 Å². The summed E-state index contributed by atoms with van der Waals surface area (Å²) in [6.07, 6.45) is 7.30. The number of hydrogen-bond acceptors (Lipinski definition) is 3. The van der Waals surface area contributed by atoms with Crippen molar-refractivity contribution in [3.8, 4) is 11.3 Å². The van der Waals surface area contributed by atoms with Gasteiger partial charge in [0.15, 0.2) is 11.7 Å².